The number of hydrogen-bond acceptors (Lipinski definition) is 10. The fourth-order valence-corrected chi connectivity index (χ4v) is 6.28. The number of likely N-dealkylation sites (tertiary alicyclic amines) is 1. The van der Waals surface area contributed by atoms with E-state index in [4.69, 9.17) is 15.2 Å². The van der Waals surface area contributed by atoms with Crippen LogP contribution in [0.25, 0.3) is 11.0 Å². The maximum Gasteiger partial charge on any atom is 0.416 e. The van der Waals surface area contributed by atoms with Gasteiger partial charge in [-0.1, -0.05) is 0 Å². The van der Waals surface area contributed by atoms with E-state index >= 15 is 0 Å². The maximum absolute atomic E-state index is 15.0. The molecule has 5 heterocycles. The molecule has 3 aliphatic heterocycles. The van der Waals surface area contributed by atoms with Gasteiger partial charge in [-0.05, 0) is 36.8 Å². The van der Waals surface area contributed by atoms with Gasteiger partial charge in [0.25, 0.3) is 11.8 Å². The van der Waals surface area contributed by atoms with Gasteiger partial charge in [0, 0.05) is 44.6 Å². The van der Waals surface area contributed by atoms with E-state index in [1.54, 1.807) is 4.80 Å². The van der Waals surface area contributed by atoms with E-state index in [1.807, 2.05) is 6.92 Å². The first-order valence-corrected chi connectivity index (χ1v) is 13.6. The molecule has 4 aliphatic rings. The molecule has 0 bridgehead atoms. The number of carbonyl (C=O) groups excluding carboxylic acids is 2. The minimum absolute atomic E-state index is 0.0933. The first kappa shape index (κ1) is 25.1. The molecular formula is C26H30FN9O4. The first-order valence-electron chi connectivity index (χ1n) is 13.6. The Bertz CT molecular complexity index is 1520. The molecule has 14 heteroatoms. The van der Waals surface area contributed by atoms with Crippen molar-refractivity contribution in [1.29, 1.82) is 0 Å². The number of aromatic nitrogens is 5. The monoisotopic (exact) mass is 551 g/mol. The molecule has 1 spiro atoms. The highest BCUT2D eigenvalue weighted by atomic mass is 19.1. The number of fused-ring (bicyclic) bond motifs is 4. The zero-order chi connectivity index (χ0) is 27.6. The van der Waals surface area contributed by atoms with E-state index in [9.17, 15) is 14.0 Å². The Hall–Kier alpha value is -3.91. The van der Waals surface area contributed by atoms with Crippen LogP contribution in [0.5, 0.6) is 5.88 Å². The van der Waals surface area contributed by atoms with E-state index in [0.717, 1.165) is 42.7 Å². The Morgan fingerprint density at radius 2 is 2.02 bits per heavy atom. The van der Waals surface area contributed by atoms with Gasteiger partial charge in [-0.2, -0.15) is 15.0 Å². The summed E-state index contributed by atoms with van der Waals surface area (Å²) in [6, 6.07) is 1.39. The molecular weight excluding hydrogens is 521 g/mol. The third-order valence-electron chi connectivity index (χ3n) is 8.17. The predicted molar refractivity (Wildman–Crippen MR) is 140 cm³/mol. The van der Waals surface area contributed by atoms with E-state index in [0.29, 0.717) is 43.7 Å². The molecule has 0 saturated carbocycles. The predicted octanol–water partition coefficient (Wildman–Crippen LogP) is 1.24. The van der Waals surface area contributed by atoms with Crippen molar-refractivity contribution in [2.45, 2.75) is 50.8 Å². The second-order valence-corrected chi connectivity index (χ2v) is 11.3. The number of anilines is 2. The van der Waals surface area contributed by atoms with Crippen molar-refractivity contribution >= 4 is 34.7 Å². The van der Waals surface area contributed by atoms with E-state index in [1.165, 1.54) is 17.2 Å². The lowest BCUT2D eigenvalue weighted by Crippen LogP contribution is -2.48. The van der Waals surface area contributed by atoms with Gasteiger partial charge in [-0.15, -0.1) is 0 Å². The molecule has 0 radical (unpaired) electrons. The van der Waals surface area contributed by atoms with Crippen molar-refractivity contribution in [3.05, 3.63) is 29.2 Å². The number of amides is 2. The van der Waals surface area contributed by atoms with Crippen LogP contribution in [0.15, 0.2) is 12.3 Å². The Kier molecular flexibility index (Phi) is 5.85. The molecule has 2 fully saturated rings. The Morgan fingerprint density at radius 1 is 1.23 bits per heavy atom. The number of halogens is 1. The summed E-state index contributed by atoms with van der Waals surface area (Å²) in [7, 11) is 0. The second-order valence-electron chi connectivity index (χ2n) is 11.3. The van der Waals surface area contributed by atoms with Crippen molar-refractivity contribution in [3.63, 3.8) is 0 Å². The van der Waals surface area contributed by atoms with E-state index in [2.05, 4.69) is 30.4 Å². The molecule has 3 aromatic rings. The van der Waals surface area contributed by atoms with Gasteiger partial charge in [0.05, 0.1) is 19.3 Å². The van der Waals surface area contributed by atoms with Crippen molar-refractivity contribution in [3.8, 4) is 5.88 Å². The SMILES string of the molecule is C[C@H](N)Cn1nc2cc(F)c3c(c2n1)CC(CN1CCC2(CC1)CN(c1cnc4c(n1)NC(=O)CO4)C(=O)O2)C3. The summed E-state index contributed by atoms with van der Waals surface area (Å²) in [4.78, 5) is 38.4. The van der Waals surface area contributed by atoms with E-state index in [-0.39, 0.29) is 42.0 Å². The van der Waals surface area contributed by atoms with Crippen LogP contribution in [-0.2, 0) is 28.9 Å². The topological polar surface area (TPSA) is 154 Å². The van der Waals surface area contributed by atoms with Crippen LogP contribution in [0.4, 0.5) is 20.8 Å². The zero-order valence-corrected chi connectivity index (χ0v) is 22.1. The molecule has 2 atom stereocenters. The van der Waals surface area contributed by atoms with Crippen LogP contribution in [0, 0.1) is 11.7 Å². The summed E-state index contributed by atoms with van der Waals surface area (Å²) in [5.74, 6) is 0.461. The molecule has 1 aromatic carbocycles. The van der Waals surface area contributed by atoms with Crippen LogP contribution >= 0.6 is 0 Å². The van der Waals surface area contributed by atoms with Gasteiger partial charge < -0.3 is 25.4 Å². The molecule has 210 valence electrons. The summed E-state index contributed by atoms with van der Waals surface area (Å²) in [6.45, 7) is 4.96. The largest absolute Gasteiger partial charge is 0.465 e. The number of benzene rings is 1. The van der Waals surface area contributed by atoms with Crippen LogP contribution in [0.1, 0.15) is 30.9 Å². The number of nitrogens with one attached hydrogen (secondary N) is 1. The van der Waals surface area contributed by atoms with Crippen molar-refractivity contribution < 1.29 is 23.5 Å². The highest BCUT2D eigenvalue weighted by Gasteiger charge is 2.48. The molecule has 40 heavy (non-hydrogen) atoms. The lowest BCUT2D eigenvalue weighted by Gasteiger charge is -2.38. The van der Waals surface area contributed by atoms with Gasteiger partial charge in [-0.3, -0.25) is 9.69 Å². The lowest BCUT2D eigenvalue weighted by atomic mass is 9.90. The van der Waals surface area contributed by atoms with Crippen molar-refractivity contribution in [1.82, 2.24) is 29.9 Å². The summed E-state index contributed by atoms with van der Waals surface area (Å²) in [6.07, 6.45) is 3.75. The number of nitrogens with two attached hydrogens (primary N) is 1. The van der Waals surface area contributed by atoms with Crippen LogP contribution in [-0.4, -0.2) is 86.3 Å². The quantitative estimate of drug-likeness (QED) is 0.474. The lowest BCUT2D eigenvalue weighted by molar-refractivity contribution is -0.118. The number of ether oxygens (including phenoxy) is 2. The number of hydrogen-bond donors (Lipinski definition) is 2. The van der Waals surface area contributed by atoms with E-state index < -0.39 is 11.7 Å². The number of rotatable bonds is 5. The molecule has 2 amide bonds. The molecule has 2 saturated heterocycles. The average molecular weight is 552 g/mol. The third-order valence-corrected chi connectivity index (χ3v) is 8.17. The van der Waals surface area contributed by atoms with Gasteiger partial charge in [0.2, 0.25) is 0 Å². The van der Waals surface area contributed by atoms with Crippen molar-refractivity contribution in [2.24, 2.45) is 11.7 Å². The minimum atomic E-state index is -0.611. The highest BCUT2D eigenvalue weighted by molar-refractivity contribution is 5.94. The Balaban J connectivity index is 0.992. The molecule has 13 nitrogen and oxygen atoms in total. The van der Waals surface area contributed by atoms with Gasteiger partial charge in [0.15, 0.2) is 18.2 Å². The van der Waals surface area contributed by atoms with Crippen LogP contribution in [0.3, 0.4) is 0 Å². The standard InChI is InChI=1S/C26H30FN9O4/c1-14(28)10-36-32-19-8-18(27)16-6-15(7-17(16)22(19)33-36)11-34-4-2-26(3-5-34)13-35(25(38)40-26)20-9-29-24-23(30-20)31-21(37)12-39-24/h8-9,14-15H,2-7,10-13,28H2,1H3,(H,30,31,37)/t14-,15?/m0/s1. The summed E-state index contributed by atoms with van der Waals surface area (Å²) < 4.78 is 26.1. The highest BCUT2D eigenvalue weighted by Crippen LogP contribution is 2.38. The van der Waals surface area contributed by atoms with Crippen LogP contribution < -0.4 is 20.7 Å². The molecule has 3 N–H and O–H groups in total. The van der Waals surface area contributed by atoms with Crippen LogP contribution in [0.2, 0.25) is 0 Å². The third kappa shape index (κ3) is 4.40. The summed E-state index contributed by atoms with van der Waals surface area (Å²) >= 11 is 0. The molecule has 1 unspecified atom stereocenters. The van der Waals surface area contributed by atoms with Crippen molar-refractivity contribution in [2.75, 3.05) is 43.0 Å². The minimum Gasteiger partial charge on any atom is -0.465 e. The molecule has 1 aliphatic carbocycles. The fraction of sp³-hybridized carbons (Fsp3) is 0.538. The second kappa shape index (κ2) is 9.34. The fourth-order valence-electron chi connectivity index (χ4n) is 6.28. The summed E-state index contributed by atoms with van der Waals surface area (Å²) in [5.41, 5.74) is 8.33. The number of nitrogens with zero attached hydrogens (tertiary/aromatic N) is 7. The Morgan fingerprint density at radius 3 is 2.83 bits per heavy atom. The number of piperidine rings is 1. The smallest absolute Gasteiger partial charge is 0.416 e. The maximum atomic E-state index is 15.0. The van der Waals surface area contributed by atoms with Gasteiger partial charge >= 0.3 is 6.09 Å². The number of carbonyl (C=O) groups is 2. The summed E-state index contributed by atoms with van der Waals surface area (Å²) in [5, 5.41) is 11.7. The first-order chi connectivity index (χ1) is 19.2. The average Bonchev–Trinajstić information content (AvgIpc) is 3.60. The zero-order valence-electron chi connectivity index (χ0n) is 22.1. The van der Waals surface area contributed by atoms with Gasteiger partial charge in [0.1, 0.15) is 22.5 Å². The molecule has 7 rings (SSSR count). The normalized spacial score (nSPS) is 22.7. The Labute approximate surface area is 228 Å². The van der Waals surface area contributed by atoms with Gasteiger partial charge in [-0.25, -0.2) is 19.2 Å². The molecule has 2 aromatic heterocycles.